The second kappa shape index (κ2) is 5.69. The Bertz CT molecular complexity index is 691. The van der Waals surface area contributed by atoms with Crippen LogP contribution in [0.15, 0.2) is 40.9 Å². The van der Waals surface area contributed by atoms with Crippen molar-refractivity contribution >= 4 is 15.9 Å². The molecule has 0 radical (unpaired) electrons. The highest BCUT2D eigenvalue weighted by Crippen LogP contribution is 2.37. The van der Waals surface area contributed by atoms with Crippen LogP contribution in [-0.2, 0) is 19.5 Å². The molecule has 1 unspecified atom stereocenters. The number of phenolic OH excluding ortho intramolecular Hbond substituents is 1. The maximum absolute atomic E-state index is 10.3. The molecule has 4 rings (SSSR count). The molecule has 2 aromatic carbocycles. The average Bonchev–Trinajstić information content (AvgIpc) is 2.93. The Kier molecular flexibility index (Phi) is 3.68. The first-order valence-electron chi connectivity index (χ1n) is 7.75. The lowest BCUT2D eigenvalue weighted by molar-refractivity contribution is 0.242. The first-order chi connectivity index (χ1) is 10.7. The summed E-state index contributed by atoms with van der Waals surface area (Å²) in [5.41, 5.74) is 5.17. The molecule has 0 saturated carbocycles. The second-order valence-corrected chi connectivity index (χ2v) is 7.01. The molecule has 0 amide bonds. The van der Waals surface area contributed by atoms with E-state index in [-0.39, 0.29) is 6.04 Å². The van der Waals surface area contributed by atoms with E-state index in [0.717, 1.165) is 42.6 Å². The van der Waals surface area contributed by atoms with E-state index in [9.17, 15) is 5.11 Å². The largest absolute Gasteiger partial charge is 0.508 e. The lowest BCUT2D eigenvalue weighted by Gasteiger charge is -2.31. The number of hydrogen-bond acceptors (Lipinski definition) is 3. The van der Waals surface area contributed by atoms with E-state index in [1.54, 1.807) is 6.07 Å². The highest BCUT2D eigenvalue weighted by molar-refractivity contribution is 9.10. The number of phenols is 1. The summed E-state index contributed by atoms with van der Waals surface area (Å²) in [5.74, 6) is 0.409. The minimum absolute atomic E-state index is 0.190. The van der Waals surface area contributed by atoms with E-state index in [0.29, 0.717) is 5.75 Å². The van der Waals surface area contributed by atoms with E-state index >= 15 is 0 Å². The number of aromatic hydroxyl groups is 1. The Morgan fingerprint density at radius 1 is 1.14 bits per heavy atom. The molecule has 2 N–H and O–H groups in total. The van der Waals surface area contributed by atoms with Crippen LogP contribution < -0.4 is 5.32 Å². The van der Waals surface area contributed by atoms with Gasteiger partial charge in [0, 0.05) is 35.7 Å². The van der Waals surface area contributed by atoms with E-state index in [2.05, 4.69) is 50.4 Å². The Balaban J connectivity index is 1.58. The summed E-state index contributed by atoms with van der Waals surface area (Å²) in [6.07, 6.45) is 0.959. The molecule has 4 heteroatoms. The van der Waals surface area contributed by atoms with Gasteiger partial charge in [0.05, 0.1) is 0 Å². The molecule has 22 heavy (non-hydrogen) atoms. The molecule has 114 valence electrons. The minimum Gasteiger partial charge on any atom is -0.508 e. The van der Waals surface area contributed by atoms with Crippen molar-refractivity contribution in [3.8, 4) is 5.75 Å². The minimum atomic E-state index is 0.190. The molecule has 2 heterocycles. The van der Waals surface area contributed by atoms with Crippen LogP contribution >= 0.6 is 15.9 Å². The number of nitrogens with zero attached hydrogens (tertiary/aromatic N) is 1. The topological polar surface area (TPSA) is 35.5 Å². The molecule has 1 atom stereocenters. The van der Waals surface area contributed by atoms with Gasteiger partial charge >= 0.3 is 0 Å². The van der Waals surface area contributed by atoms with Crippen LogP contribution in [0, 0.1) is 0 Å². The highest BCUT2D eigenvalue weighted by atomic mass is 79.9. The fourth-order valence-corrected chi connectivity index (χ4v) is 4.23. The number of benzene rings is 2. The SMILES string of the molecule is Oc1ccc(Br)c2c1C(CN1Cc3ccccc3C1)NCC2. The monoisotopic (exact) mass is 358 g/mol. The van der Waals surface area contributed by atoms with E-state index in [1.807, 2.05) is 6.07 Å². The van der Waals surface area contributed by atoms with Crippen LogP contribution in [-0.4, -0.2) is 23.1 Å². The number of hydrogen-bond donors (Lipinski definition) is 2. The summed E-state index contributed by atoms with van der Waals surface area (Å²) in [5, 5.41) is 13.9. The summed E-state index contributed by atoms with van der Waals surface area (Å²) in [7, 11) is 0. The first-order valence-corrected chi connectivity index (χ1v) is 8.54. The summed E-state index contributed by atoms with van der Waals surface area (Å²) >= 11 is 3.63. The van der Waals surface area contributed by atoms with E-state index in [1.165, 1.54) is 16.7 Å². The van der Waals surface area contributed by atoms with Gasteiger partial charge in [-0.2, -0.15) is 0 Å². The van der Waals surface area contributed by atoms with Gasteiger partial charge in [0.15, 0.2) is 0 Å². The standard InChI is InChI=1S/C18H19BrN2O/c19-15-5-6-17(22)18-14(15)7-8-20-16(18)11-21-9-12-3-1-2-4-13(12)10-21/h1-6,16,20,22H,7-11H2. The van der Waals surface area contributed by atoms with Crippen LogP contribution in [0.4, 0.5) is 0 Å². The van der Waals surface area contributed by atoms with Crippen LogP contribution in [0.3, 0.4) is 0 Å². The van der Waals surface area contributed by atoms with Gasteiger partial charge in [-0.1, -0.05) is 40.2 Å². The van der Waals surface area contributed by atoms with Crippen molar-refractivity contribution in [3.63, 3.8) is 0 Å². The molecule has 2 aliphatic rings. The normalized spacial score (nSPS) is 20.7. The third-order valence-corrected chi connectivity index (χ3v) is 5.48. The van der Waals surface area contributed by atoms with E-state index in [4.69, 9.17) is 0 Å². The van der Waals surface area contributed by atoms with Gasteiger partial charge in [-0.25, -0.2) is 0 Å². The summed E-state index contributed by atoms with van der Waals surface area (Å²) < 4.78 is 1.11. The van der Waals surface area contributed by atoms with Crippen molar-refractivity contribution in [2.75, 3.05) is 13.1 Å². The molecule has 0 spiro atoms. The number of nitrogens with one attached hydrogen (secondary N) is 1. The van der Waals surface area contributed by atoms with Crippen LogP contribution in [0.5, 0.6) is 5.75 Å². The molecule has 3 nitrogen and oxygen atoms in total. The summed E-state index contributed by atoms with van der Waals surface area (Å²) in [4.78, 5) is 2.46. The van der Waals surface area contributed by atoms with Gasteiger partial charge < -0.3 is 10.4 Å². The molecule has 0 saturated heterocycles. The zero-order valence-electron chi connectivity index (χ0n) is 12.3. The molecule has 2 aliphatic heterocycles. The van der Waals surface area contributed by atoms with E-state index < -0.39 is 0 Å². The molecule has 0 fully saturated rings. The predicted octanol–water partition coefficient (Wildman–Crippen LogP) is 3.36. The molecule has 0 bridgehead atoms. The third-order valence-electron chi connectivity index (χ3n) is 4.74. The van der Waals surface area contributed by atoms with Crippen molar-refractivity contribution in [1.29, 1.82) is 0 Å². The van der Waals surface area contributed by atoms with Crippen LogP contribution in [0.2, 0.25) is 0 Å². The van der Waals surface area contributed by atoms with Gasteiger partial charge in [-0.05, 0) is 41.8 Å². The van der Waals surface area contributed by atoms with Gasteiger partial charge in [-0.3, -0.25) is 4.90 Å². The van der Waals surface area contributed by atoms with Gasteiger partial charge in [0.1, 0.15) is 5.75 Å². The summed E-state index contributed by atoms with van der Waals surface area (Å²) in [6, 6.07) is 12.6. The van der Waals surface area contributed by atoms with Crippen molar-refractivity contribution in [2.45, 2.75) is 25.6 Å². The fraction of sp³-hybridized carbons (Fsp3) is 0.333. The van der Waals surface area contributed by atoms with Crippen LogP contribution in [0.1, 0.15) is 28.3 Å². The molecule has 0 aromatic heterocycles. The van der Waals surface area contributed by atoms with Gasteiger partial charge in [0.25, 0.3) is 0 Å². The maximum Gasteiger partial charge on any atom is 0.120 e. The molecule has 0 aliphatic carbocycles. The number of fused-ring (bicyclic) bond motifs is 2. The second-order valence-electron chi connectivity index (χ2n) is 6.15. The average molecular weight is 359 g/mol. The molecule has 2 aromatic rings. The van der Waals surface area contributed by atoms with Crippen molar-refractivity contribution in [1.82, 2.24) is 10.2 Å². The lowest BCUT2D eigenvalue weighted by Crippen LogP contribution is -2.37. The van der Waals surface area contributed by atoms with Crippen LogP contribution in [0.25, 0.3) is 0 Å². The quantitative estimate of drug-likeness (QED) is 0.863. The Morgan fingerprint density at radius 2 is 1.86 bits per heavy atom. The van der Waals surface area contributed by atoms with Crippen molar-refractivity contribution in [2.24, 2.45) is 0 Å². The van der Waals surface area contributed by atoms with Crippen molar-refractivity contribution in [3.05, 3.63) is 63.1 Å². The molecular formula is C18H19BrN2O. The zero-order chi connectivity index (χ0) is 15.1. The third kappa shape index (κ3) is 2.45. The zero-order valence-corrected chi connectivity index (χ0v) is 13.9. The lowest BCUT2D eigenvalue weighted by atomic mass is 9.93. The maximum atomic E-state index is 10.3. The van der Waals surface area contributed by atoms with Gasteiger partial charge in [0.2, 0.25) is 0 Å². The molecular weight excluding hydrogens is 340 g/mol. The first kappa shape index (κ1) is 14.2. The fourth-order valence-electron chi connectivity index (χ4n) is 3.69. The predicted molar refractivity (Wildman–Crippen MR) is 90.8 cm³/mol. The highest BCUT2D eigenvalue weighted by Gasteiger charge is 2.28. The van der Waals surface area contributed by atoms with Gasteiger partial charge in [-0.15, -0.1) is 0 Å². The number of halogens is 1. The summed E-state index contributed by atoms with van der Waals surface area (Å²) in [6.45, 7) is 3.88. The number of rotatable bonds is 2. The Morgan fingerprint density at radius 3 is 2.59 bits per heavy atom. The smallest absolute Gasteiger partial charge is 0.120 e. The van der Waals surface area contributed by atoms with Crippen molar-refractivity contribution < 1.29 is 5.11 Å². The Labute approximate surface area is 139 Å². The Hall–Kier alpha value is -1.36.